The van der Waals surface area contributed by atoms with Crippen LogP contribution in [0, 0.1) is 0 Å². The van der Waals surface area contributed by atoms with E-state index in [0.29, 0.717) is 25.3 Å². The van der Waals surface area contributed by atoms with Gasteiger partial charge in [0.05, 0.1) is 6.10 Å². The maximum atomic E-state index is 12.9. The number of anilines is 1. The van der Waals surface area contributed by atoms with Gasteiger partial charge in [-0.3, -0.25) is 14.6 Å². The van der Waals surface area contributed by atoms with Crippen LogP contribution in [0.2, 0.25) is 0 Å². The number of esters is 1. The molecule has 61 heavy (non-hydrogen) atoms. The maximum Gasteiger partial charge on any atom is 0.306 e. The summed E-state index contributed by atoms with van der Waals surface area (Å²) in [4.78, 5) is 34.1. The van der Waals surface area contributed by atoms with Crippen molar-refractivity contribution in [2.24, 2.45) is 0 Å². The van der Waals surface area contributed by atoms with E-state index in [4.69, 9.17) is 14.2 Å². The molecule has 1 aromatic rings. The lowest BCUT2D eigenvalue weighted by Gasteiger charge is -2.22. The third-order valence-corrected chi connectivity index (χ3v) is 12.3. The van der Waals surface area contributed by atoms with Gasteiger partial charge in [-0.1, -0.05) is 175 Å². The van der Waals surface area contributed by atoms with Gasteiger partial charge in [-0.25, -0.2) is 4.98 Å². The Morgan fingerprint density at radius 1 is 0.607 bits per heavy atom. The SMILES string of the molecule is CCCCCCCCC(CC)OCOCCCCCCCCN(CCCCCCCC(=O)OC(CCCCCCCC)CCCCCCCC)CCCNc1nccc(=O)[nH]1. The van der Waals surface area contributed by atoms with E-state index in [9.17, 15) is 9.59 Å². The minimum absolute atomic E-state index is 0.0221. The molecule has 0 aliphatic heterocycles. The fourth-order valence-corrected chi connectivity index (χ4v) is 8.26. The second-order valence-corrected chi connectivity index (χ2v) is 18.0. The van der Waals surface area contributed by atoms with E-state index in [1.165, 1.54) is 173 Å². The molecule has 0 radical (unpaired) electrons. The molecule has 0 aromatic carbocycles. The van der Waals surface area contributed by atoms with Crippen molar-refractivity contribution in [1.29, 1.82) is 0 Å². The number of rotatable bonds is 48. The summed E-state index contributed by atoms with van der Waals surface area (Å²) in [6.07, 6.45) is 44.2. The van der Waals surface area contributed by atoms with Gasteiger partial charge in [-0.2, -0.15) is 0 Å². The van der Waals surface area contributed by atoms with Gasteiger partial charge in [0, 0.05) is 31.8 Å². The standard InChI is InChI=1S/C52H100N4O5/c1-5-9-12-15-21-28-36-48(8-4)60-47-59-46-34-27-19-18-25-32-43-56(45-35-41-53-52-54-42-40-50(57)55-52)44-33-26-20-24-31-39-51(58)61-49(37-29-22-16-13-10-6-2)38-30-23-17-14-11-7-3/h40,42,48-49H,5-39,41,43-47H2,1-4H3,(H2,53,54,55,57). The predicted molar refractivity (Wildman–Crippen MR) is 260 cm³/mol. The second-order valence-electron chi connectivity index (χ2n) is 18.0. The van der Waals surface area contributed by atoms with Crippen molar-refractivity contribution in [3.8, 4) is 0 Å². The Balaban J connectivity index is 2.30. The summed E-state index contributed by atoms with van der Waals surface area (Å²) in [5.74, 6) is 0.564. The van der Waals surface area contributed by atoms with Crippen molar-refractivity contribution in [1.82, 2.24) is 14.9 Å². The molecule has 9 heteroatoms. The Bertz CT molecular complexity index is 1100. The number of aromatic nitrogens is 2. The number of unbranched alkanes of at least 4 members (excludes halogenated alkanes) is 24. The smallest absolute Gasteiger partial charge is 0.306 e. The number of carbonyl (C=O) groups excluding carboxylic acids is 1. The van der Waals surface area contributed by atoms with Crippen LogP contribution in [0.15, 0.2) is 17.1 Å². The van der Waals surface area contributed by atoms with Crippen molar-refractivity contribution in [3.05, 3.63) is 22.6 Å². The van der Waals surface area contributed by atoms with Crippen LogP contribution in [0.3, 0.4) is 0 Å². The highest BCUT2D eigenvalue weighted by atomic mass is 16.7. The van der Waals surface area contributed by atoms with Crippen LogP contribution in [0.5, 0.6) is 0 Å². The first kappa shape index (κ1) is 57.0. The fraction of sp³-hybridized carbons (Fsp3) is 0.904. The largest absolute Gasteiger partial charge is 0.462 e. The van der Waals surface area contributed by atoms with E-state index in [1.807, 2.05) is 0 Å². The third kappa shape index (κ3) is 38.2. The number of carbonyl (C=O) groups is 1. The van der Waals surface area contributed by atoms with Gasteiger partial charge in [-0.05, 0) is 90.3 Å². The topological polar surface area (TPSA) is 106 Å². The summed E-state index contributed by atoms with van der Waals surface area (Å²) in [7, 11) is 0. The monoisotopic (exact) mass is 861 g/mol. The molecule has 0 amide bonds. The van der Waals surface area contributed by atoms with Gasteiger partial charge in [0.15, 0.2) is 0 Å². The fourth-order valence-electron chi connectivity index (χ4n) is 8.26. The Labute approximate surface area is 376 Å². The van der Waals surface area contributed by atoms with Crippen LogP contribution in [-0.4, -0.2) is 72.6 Å². The first-order chi connectivity index (χ1) is 30.0. The summed E-state index contributed by atoms with van der Waals surface area (Å²) in [5.41, 5.74) is -0.132. The van der Waals surface area contributed by atoms with Gasteiger partial charge in [0.2, 0.25) is 5.95 Å². The molecule has 2 N–H and O–H groups in total. The van der Waals surface area contributed by atoms with Gasteiger partial charge in [-0.15, -0.1) is 0 Å². The molecule has 1 heterocycles. The Kier molecular flexibility index (Phi) is 41.7. The molecule has 0 bridgehead atoms. The average molecular weight is 861 g/mol. The molecule has 0 spiro atoms. The lowest BCUT2D eigenvalue weighted by Crippen LogP contribution is -2.28. The summed E-state index contributed by atoms with van der Waals surface area (Å²) in [5, 5.41) is 3.27. The number of hydrogen-bond acceptors (Lipinski definition) is 8. The molecule has 0 saturated heterocycles. The third-order valence-electron chi connectivity index (χ3n) is 12.3. The Morgan fingerprint density at radius 2 is 1.08 bits per heavy atom. The van der Waals surface area contributed by atoms with Crippen molar-refractivity contribution < 1.29 is 19.0 Å². The molecule has 1 unspecified atom stereocenters. The molecule has 1 rings (SSSR count). The van der Waals surface area contributed by atoms with Crippen LogP contribution in [0.4, 0.5) is 5.95 Å². The van der Waals surface area contributed by atoms with Gasteiger partial charge in [0.25, 0.3) is 5.56 Å². The zero-order valence-corrected chi connectivity index (χ0v) is 40.7. The lowest BCUT2D eigenvalue weighted by atomic mass is 10.0. The predicted octanol–water partition coefficient (Wildman–Crippen LogP) is 14.5. The number of hydrogen-bond donors (Lipinski definition) is 2. The number of H-pyrrole nitrogens is 1. The quantitative estimate of drug-likeness (QED) is 0.0379. The lowest BCUT2D eigenvalue weighted by molar-refractivity contribution is -0.150. The average Bonchev–Trinajstić information content (AvgIpc) is 3.26. The van der Waals surface area contributed by atoms with Crippen molar-refractivity contribution in [2.75, 3.05) is 44.9 Å². The second kappa shape index (κ2) is 44.6. The minimum Gasteiger partial charge on any atom is -0.462 e. The van der Waals surface area contributed by atoms with Crippen LogP contribution in [0.25, 0.3) is 0 Å². The van der Waals surface area contributed by atoms with Crippen LogP contribution in [-0.2, 0) is 19.0 Å². The zero-order chi connectivity index (χ0) is 44.1. The molecule has 358 valence electrons. The molecule has 1 aromatic heterocycles. The molecular weight excluding hydrogens is 761 g/mol. The molecule has 0 aliphatic rings. The summed E-state index contributed by atoms with van der Waals surface area (Å²) < 4.78 is 17.9. The highest BCUT2D eigenvalue weighted by molar-refractivity contribution is 5.69. The van der Waals surface area contributed by atoms with E-state index in [2.05, 4.69) is 47.9 Å². The van der Waals surface area contributed by atoms with Gasteiger partial charge < -0.3 is 24.4 Å². The maximum absolute atomic E-state index is 12.9. The zero-order valence-electron chi connectivity index (χ0n) is 40.7. The highest BCUT2D eigenvalue weighted by Crippen LogP contribution is 2.19. The minimum atomic E-state index is -0.132. The summed E-state index contributed by atoms with van der Waals surface area (Å²) in [6, 6.07) is 1.44. The molecule has 1 atom stereocenters. The van der Waals surface area contributed by atoms with E-state index < -0.39 is 0 Å². The van der Waals surface area contributed by atoms with E-state index in [1.54, 1.807) is 6.20 Å². The molecule has 0 saturated carbocycles. The van der Waals surface area contributed by atoms with Crippen LogP contribution in [0.1, 0.15) is 252 Å². The van der Waals surface area contributed by atoms with Gasteiger partial charge in [0.1, 0.15) is 12.9 Å². The highest BCUT2D eigenvalue weighted by Gasteiger charge is 2.15. The molecule has 0 aliphatic carbocycles. The first-order valence-corrected chi connectivity index (χ1v) is 26.4. The summed E-state index contributed by atoms with van der Waals surface area (Å²) >= 11 is 0. The molecular formula is C52H100N4O5. The Hall–Kier alpha value is -1.97. The molecule has 0 fully saturated rings. The number of nitrogens with one attached hydrogen (secondary N) is 2. The summed E-state index contributed by atoms with van der Waals surface area (Å²) in [6.45, 7) is 14.3. The van der Waals surface area contributed by atoms with Crippen LogP contribution >= 0.6 is 0 Å². The molecule has 9 nitrogen and oxygen atoms in total. The van der Waals surface area contributed by atoms with E-state index in [-0.39, 0.29) is 17.6 Å². The first-order valence-electron chi connectivity index (χ1n) is 26.4. The normalized spacial score (nSPS) is 12.2. The van der Waals surface area contributed by atoms with E-state index >= 15 is 0 Å². The Morgan fingerprint density at radius 3 is 1.62 bits per heavy atom. The van der Waals surface area contributed by atoms with Crippen molar-refractivity contribution >= 4 is 11.9 Å². The number of aromatic amines is 1. The van der Waals surface area contributed by atoms with Crippen molar-refractivity contribution in [3.63, 3.8) is 0 Å². The van der Waals surface area contributed by atoms with Crippen LogP contribution < -0.4 is 10.9 Å². The number of ether oxygens (including phenoxy) is 3. The van der Waals surface area contributed by atoms with Gasteiger partial charge >= 0.3 is 5.97 Å². The van der Waals surface area contributed by atoms with E-state index in [0.717, 1.165) is 84.2 Å². The van der Waals surface area contributed by atoms with Crippen molar-refractivity contribution in [2.45, 2.75) is 265 Å². The number of nitrogens with zero attached hydrogens (tertiary/aromatic N) is 2.